The van der Waals surface area contributed by atoms with Crippen LogP contribution in [0.4, 0.5) is 0 Å². The normalized spacial score (nSPS) is 12.2. The number of rotatable bonds is 9. The van der Waals surface area contributed by atoms with E-state index in [0.717, 1.165) is 5.56 Å². The summed E-state index contributed by atoms with van der Waals surface area (Å²) in [4.78, 5) is 27.6. The minimum atomic E-state index is -0.574. The Morgan fingerprint density at radius 1 is 1.07 bits per heavy atom. The molecule has 2 rings (SSSR count). The van der Waals surface area contributed by atoms with Gasteiger partial charge in [-0.3, -0.25) is 9.59 Å². The molecule has 0 bridgehead atoms. The van der Waals surface area contributed by atoms with Gasteiger partial charge in [-0.05, 0) is 51.3 Å². The number of hydrogen-bond donors (Lipinski definition) is 1. The second-order valence-electron chi connectivity index (χ2n) is 8.21. The SMILES string of the molecule is CC[C@H](C(=O)NC(C)(C)C)N(CCc1ccccc1)C(=O)COc1ccccc1Cl. The van der Waals surface area contributed by atoms with Crippen LogP contribution in [0.3, 0.4) is 0 Å². The molecule has 0 spiro atoms. The van der Waals surface area contributed by atoms with Crippen LogP contribution in [-0.4, -0.2) is 41.4 Å². The molecule has 162 valence electrons. The summed E-state index contributed by atoms with van der Waals surface area (Å²) in [7, 11) is 0. The van der Waals surface area contributed by atoms with Gasteiger partial charge >= 0.3 is 0 Å². The Morgan fingerprint density at radius 2 is 1.70 bits per heavy atom. The topological polar surface area (TPSA) is 58.6 Å². The lowest BCUT2D eigenvalue weighted by molar-refractivity contribution is -0.142. The van der Waals surface area contributed by atoms with Crippen molar-refractivity contribution in [1.29, 1.82) is 0 Å². The summed E-state index contributed by atoms with van der Waals surface area (Å²) in [6.07, 6.45) is 1.16. The average molecular weight is 431 g/mol. The predicted molar refractivity (Wildman–Crippen MR) is 121 cm³/mol. The molecule has 30 heavy (non-hydrogen) atoms. The third-order valence-electron chi connectivity index (χ3n) is 4.56. The maximum absolute atomic E-state index is 13.1. The van der Waals surface area contributed by atoms with E-state index in [2.05, 4.69) is 5.32 Å². The average Bonchev–Trinajstić information content (AvgIpc) is 2.69. The van der Waals surface area contributed by atoms with Crippen LogP contribution in [0.5, 0.6) is 5.75 Å². The number of nitrogens with zero attached hydrogens (tertiary/aromatic N) is 1. The highest BCUT2D eigenvalue weighted by molar-refractivity contribution is 6.32. The van der Waals surface area contributed by atoms with Gasteiger partial charge in [0.25, 0.3) is 5.91 Å². The Bertz CT molecular complexity index is 834. The van der Waals surface area contributed by atoms with Gasteiger partial charge in [-0.15, -0.1) is 0 Å². The number of carbonyl (C=O) groups excluding carboxylic acids is 2. The van der Waals surface area contributed by atoms with Crippen molar-refractivity contribution in [1.82, 2.24) is 10.2 Å². The van der Waals surface area contributed by atoms with Crippen molar-refractivity contribution >= 4 is 23.4 Å². The molecular formula is C24H31ClN2O3. The third kappa shape index (κ3) is 7.38. The van der Waals surface area contributed by atoms with E-state index in [4.69, 9.17) is 16.3 Å². The Morgan fingerprint density at radius 3 is 2.30 bits per heavy atom. The molecule has 0 heterocycles. The van der Waals surface area contributed by atoms with E-state index < -0.39 is 6.04 Å². The van der Waals surface area contributed by atoms with Gasteiger partial charge in [0.1, 0.15) is 11.8 Å². The molecule has 0 aliphatic heterocycles. The summed E-state index contributed by atoms with van der Waals surface area (Å²) in [5, 5.41) is 3.44. The van der Waals surface area contributed by atoms with Crippen molar-refractivity contribution in [3.63, 3.8) is 0 Å². The van der Waals surface area contributed by atoms with Gasteiger partial charge in [0, 0.05) is 12.1 Å². The highest BCUT2D eigenvalue weighted by atomic mass is 35.5. The van der Waals surface area contributed by atoms with Crippen LogP contribution in [0.2, 0.25) is 5.02 Å². The van der Waals surface area contributed by atoms with Crippen molar-refractivity contribution in [3.8, 4) is 5.75 Å². The van der Waals surface area contributed by atoms with Crippen LogP contribution in [-0.2, 0) is 16.0 Å². The van der Waals surface area contributed by atoms with Gasteiger partial charge in [0.2, 0.25) is 5.91 Å². The van der Waals surface area contributed by atoms with E-state index in [0.29, 0.717) is 30.2 Å². The summed E-state index contributed by atoms with van der Waals surface area (Å²) in [5.74, 6) is 0.0358. The van der Waals surface area contributed by atoms with Gasteiger partial charge in [-0.25, -0.2) is 0 Å². The standard InChI is InChI=1S/C24H31ClN2O3/c1-5-20(23(29)26-24(2,3)4)27(16-15-18-11-7-6-8-12-18)22(28)17-30-21-14-10-9-13-19(21)25/h6-14,20H,5,15-17H2,1-4H3,(H,26,29)/t20-/m1/s1. The molecule has 6 heteroatoms. The van der Waals surface area contributed by atoms with Gasteiger partial charge < -0.3 is 15.0 Å². The molecule has 0 aliphatic rings. The lowest BCUT2D eigenvalue weighted by Gasteiger charge is -2.33. The van der Waals surface area contributed by atoms with E-state index >= 15 is 0 Å². The van der Waals surface area contributed by atoms with Gasteiger partial charge in [0.05, 0.1) is 5.02 Å². The van der Waals surface area contributed by atoms with E-state index in [1.165, 1.54) is 0 Å². The molecule has 1 N–H and O–H groups in total. The number of halogens is 1. The van der Waals surface area contributed by atoms with Crippen molar-refractivity contribution in [2.45, 2.75) is 52.1 Å². The zero-order valence-corrected chi connectivity index (χ0v) is 18.9. The molecule has 0 aromatic heterocycles. The summed E-state index contributed by atoms with van der Waals surface area (Å²) in [6.45, 7) is 7.92. The maximum atomic E-state index is 13.1. The quantitative estimate of drug-likeness (QED) is 0.637. The van der Waals surface area contributed by atoms with Gasteiger partial charge in [0.15, 0.2) is 6.61 Å². The third-order valence-corrected chi connectivity index (χ3v) is 4.87. The van der Waals surface area contributed by atoms with Crippen LogP contribution in [0, 0.1) is 0 Å². The van der Waals surface area contributed by atoms with Gasteiger partial charge in [-0.2, -0.15) is 0 Å². The summed E-state index contributed by atoms with van der Waals surface area (Å²) < 4.78 is 5.65. The molecule has 0 saturated carbocycles. The van der Waals surface area contributed by atoms with Crippen LogP contribution in [0.25, 0.3) is 0 Å². The van der Waals surface area contributed by atoms with E-state index in [-0.39, 0.29) is 24.0 Å². The lowest BCUT2D eigenvalue weighted by atomic mass is 10.1. The molecule has 1 atom stereocenters. The Labute approximate surface area is 184 Å². The highest BCUT2D eigenvalue weighted by Gasteiger charge is 2.30. The molecule has 0 saturated heterocycles. The van der Waals surface area contributed by atoms with Crippen LogP contribution >= 0.6 is 11.6 Å². The zero-order valence-electron chi connectivity index (χ0n) is 18.2. The molecule has 0 unspecified atom stereocenters. The molecule has 0 radical (unpaired) electrons. The number of carbonyl (C=O) groups is 2. The molecule has 2 aromatic carbocycles. The monoisotopic (exact) mass is 430 g/mol. The summed E-state index contributed by atoms with van der Waals surface area (Å²) in [5.41, 5.74) is 0.723. The Hall–Kier alpha value is -2.53. The molecule has 5 nitrogen and oxygen atoms in total. The Balaban J connectivity index is 2.16. The van der Waals surface area contributed by atoms with Crippen LogP contribution in [0.1, 0.15) is 39.7 Å². The first-order chi connectivity index (χ1) is 14.2. The smallest absolute Gasteiger partial charge is 0.261 e. The van der Waals surface area contributed by atoms with E-state index in [9.17, 15) is 9.59 Å². The highest BCUT2D eigenvalue weighted by Crippen LogP contribution is 2.23. The molecule has 2 amide bonds. The maximum Gasteiger partial charge on any atom is 0.261 e. The molecule has 0 aliphatic carbocycles. The second kappa shape index (κ2) is 11.0. The first-order valence-corrected chi connectivity index (χ1v) is 10.6. The zero-order chi connectivity index (χ0) is 22.1. The lowest BCUT2D eigenvalue weighted by Crippen LogP contribution is -2.54. The largest absolute Gasteiger partial charge is 0.482 e. The number of hydrogen-bond acceptors (Lipinski definition) is 3. The number of ether oxygens (including phenoxy) is 1. The first kappa shape index (κ1) is 23.7. The van der Waals surface area contributed by atoms with Crippen molar-refractivity contribution in [2.24, 2.45) is 0 Å². The summed E-state index contributed by atoms with van der Waals surface area (Å²) >= 11 is 6.13. The van der Waals surface area contributed by atoms with Crippen molar-refractivity contribution < 1.29 is 14.3 Å². The van der Waals surface area contributed by atoms with Crippen LogP contribution in [0.15, 0.2) is 54.6 Å². The first-order valence-electron chi connectivity index (χ1n) is 10.2. The number of amides is 2. The summed E-state index contributed by atoms with van der Waals surface area (Å²) in [6, 6.07) is 16.4. The van der Waals surface area contributed by atoms with E-state index in [1.54, 1.807) is 29.2 Å². The second-order valence-corrected chi connectivity index (χ2v) is 8.61. The predicted octanol–water partition coefficient (Wildman–Crippen LogP) is 4.48. The fourth-order valence-electron chi connectivity index (χ4n) is 3.13. The fraction of sp³-hybridized carbons (Fsp3) is 0.417. The minimum Gasteiger partial charge on any atom is -0.482 e. The van der Waals surface area contributed by atoms with Gasteiger partial charge in [-0.1, -0.05) is 61.0 Å². The molecule has 2 aromatic rings. The van der Waals surface area contributed by atoms with E-state index in [1.807, 2.05) is 58.0 Å². The Kier molecular flexibility index (Phi) is 8.72. The fourth-order valence-corrected chi connectivity index (χ4v) is 3.32. The van der Waals surface area contributed by atoms with Crippen molar-refractivity contribution in [2.75, 3.05) is 13.2 Å². The minimum absolute atomic E-state index is 0.163. The molecular weight excluding hydrogens is 400 g/mol. The molecule has 0 fully saturated rings. The van der Waals surface area contributed by atoms with Crippen LogP contribution < -0.4 is 10.1 Å². The van der Waals surface area contributed by atoms with Crippen molar-refractivity contribution in [3.05, 3.63) is 65.2 Å². The number of para-hydroxylation sites is 1. The number of nitrogens with one attached hydrogen (secondary N) is 1. The number of benzene rings is 2.